The number of nitriles is 1. The third-order valence-electron chi connectivity index (χ3n) is 3.78. The van der Waals surface area contributed by atoms with Crippen molar-refractivity contribution >= 4 is 11.2 Å². The lowest BCUT2D eigenvalue weighted by Gasteiger charge is -2.14. The third-order valence-corrected chi connectivity index (χ3v) is 3.78. The molecule has 22 heavy (non-hydrogen) atoms. The topological polar surface area (TPSA) is 129 Å². The smallest absolute Gasteiger partial charge is 0.385 e. The third kappa shape index (κ3) is 1.74. The summed E-state index contributed by atoms with van der Waals surface area (Å²) < 4.78 is 6.94. The number of rotatable bonds is 2. The molecule has 112 valence electrons. The van der Waals surface area contributed by atoms with E-state index in [1.165, 1.54) is 23.2 Å². The van der Waals surface area contributed by atoms with E-state index in [4.69, 9.17) is 11.3 Å². The van der Waals surface area contributed by atoms with Crippen LogP contribution in [0.15, 0.2) is 23.4 Å². The fraction of sp³-hybridized carbons (Fsp3) is 0.385. The summed E-state index contributed by atoms with van der Waals surface area (Å²) in [6.07, 6.45) is 0.309. The Bertz CT molecular complexity index is 860. The molecule has 0 radical (unpaired) electrons. The highest BCUT2D eigenvalue weighted by atomic mass is 16.6. The summed E-state index contributed by atoms with van der Waals surface area (Å²) in [5, 5.41) is 28.9. The van der Waals surface area contributed by atoms with Crippen molar-refractivity contribution in [3.63, 3.8) is 0 Å². The minimum absolute atomic E-state index is 0.170. The van der Waals surface area contributed by atoms with Gasteiger partial charge in [0.15, 0.2) is 24.5 Å². The molecule has 0 bridgehead atoms. The van der Waals surface area contributed by atoms with Gasteiger partial charge in [0, 0.05) is 12.3 Å². The monoisotopic (exact) mass is 302 g/mol. The second-order valence-electron chi connectivity index (χ2n) is 4.93. The molecule has 1 saturated heterocycles. The van der Waals surface area contributed by atoms with Crippen LogP contribution in [0.1, 0.15) is 6.23 Å². The molecular formula is C13H12N5O4+. The Hall–Kier alpha value is -2.72. The molecular weight excluding hydrogens is 290 g/mol. The minimum atomic E-state index is -1.79. The molecule has 3 N–H and O–H groups in total. The van der Waals surface area contributed by atoms with Crippen LogP contribution in [0.3, 0.4) is 0 Å². The zero-order chi connectivity index (χ0) is 15.9. The molecule has 2 aromatic heterocycles. The molecule has 1 fully saturated rings. The molecule has 9 heteroatoms. The minimum Gasteiger partial charge on any atom is -0.385 e. The van der Waals surface area contributed by atoms with Gasteiger partial charge in [-0.25, -0.2) is 4.98 Å². The molecule has 3 rings (SSSR count). The zero-order valence-corrected chi connectivity index (χ0v) is 11.2. The van der Waals surface area contributed by atoms with Gasteiger partial charge in [0.05, 0.1) is 12.4 Å². The van der Waals surface area contributed by atoms with Crippen LogP contribution in [0, 0.1) is 23.8 Å². The second-order valence-corrected chi connectivity index (χ2v) is 4.93. The number of ether oxygens (including phenoxy) is 1. The van der Waals surface area contributed by atoms with Crippen molar-refractivity contribution in [1.82, 2.24) is 14.5 Å². The van der Waals surface area contributed by atoms with E-state index in [9.17, 15) is 20.3 Å². The lowest BCUT2D eigenvalue weighted by molar-refractivity contribution is -0.0972. The molecule has 3 heterocycles. The Morgan fingerprint density at radius 3 is 3.09 bits per heavy atom. The second kappa shape index (κ2) is 4.93. The van der Waals surface area contributed by atoms with E-state index >= 15 is 0 Å². The summed E-state index contributed by atoms with van der Waals surface area (Å²) in [6.45, 7) is 4.53. The number of nitrogens with one attached hydrogen (secondary N) is 1. The Labute approximate surface area is 123 Å². The Morgan fingerprint density at radius 2 is 2.45 bits per heavy atom. The van der Waals surface area contributed by atoms with Crippen LogP contribution in [-0.2, 0) is 4.74 Å². The van der Waals surface area contributed by atoms with Crippen molar-refractivity contribution in [2.75, 3.05) is 6.61 Å². The molecule has 2 aromatic rings. The predicted octanol–water partition coefficient (Wildman–Crippen LogP) is -0.595. The van der Waals surface area contributed by atoms with Gasteiger partial charge in [-0.15, -0.1) is 0 Å². The van der Waals surface area contributed by atoms with Crippen molar-refractivity contribution < 1.29 is 14.9 Å². The first-order valence-electron chi connectivity index (χ1n) is 6.40. The van der Waals surface area contributed by atoms with E-state index < -0.39 is 30.6 Å². The molecule has 1 aliphatic heterocycles. The van der Waals surface area contributed by atoms with Crippen LogP contribution in [0.5, 0.6) is 0 Å². The van der Waals surface area contributed by atoms with Crippen molar-refractivity contribution in [2.45, 2.75) is 18.1 Å². The molecule has 0 spiro atoms. The standard InChI is InChI=1S/C13H11N5O4/c1-15-13(5-19)10(21)7(4-14)12(22-13)18-6-17-9-8(20)2-3-16-11(9)18/h1-3,6-7,10,12,19,21H,5H2/p+1/t7-,10-,12+,13+/m0/s1. The van der Waals surface area contributed by atoms with Crippen LogP contribution < -0.4 is 5.43 Å². The average molecular weight is 302 g/mol. The maximum atomic E-state index is 11.7. The van der Waals surface area contributed by atoms with Crippen molar-refractivity contribution in [3.05, 3.63) is 33.7 Å². The first-order valence-corrected chi connectivity index (χ1v) is 6.40. The summed E-state index contributed by atoms with van der Waals surface area (Å²) in [7, 11) is 0. The summed E-state index contributed by atoms with van der Waals surface area (Å²) in [5.41, 5.74) is -1.59. The highest BCUT2D eigenvalue weighted by Crippen LogP contribution is 2.42. The molecule has 0 aliphatic carbocycles. The van der Waals surface area contributed by atoms with E-state index in [0.717, 1.165) is 0 Å². The van der Waals surface area contributed by atoms with Gasteiger partial charge >= 0.3 is 5.72 Å². The Kier molecular flexibility index (Phi) is 3.19. The van der Waals surface area contributed by atoms with Gasteiger partial charge in [0.2, 0.25) is 5.43 Å². The summed E-state index contributed by atoms with van der Waals surface area (Å²) in [4.78, 5) is 22.0. The van der Waals surface area contributed by atoms with Crippen LogP contribution in [0.4, 0.5) is 0 Å². The predicted molar refractivity (Wildman–Crippen MR) is 73.7 cm³/mol. The largest absolute Gasteiger partial charge is 0.436 e. The van der Waals surface area contributed by atoms with Gasteiger partial charge in [-0.05, 0) is 4.85 Å². The number of imidazole rings is 1. The van der Waals surface area contributed by atoms with Crippen LogP contribution in [0.25, 0.3) is 16.0 Å². The SMILES string of the molecule is C#[N+][C@]1(CO)O[C@@H](n2cnc3c(=O)cc[nH]c32)[C@@H](C#N)[C@@H]1O. The van der Waals surface area contributed by atoms with Crippen LogP contribution in [-0.4, -0.2) is 43.2 Å². The first-order chi connectivity index (χ1) is 10.6. The van der Waals surface area contributed by atoms with E-state index in [1.807, 2.05) is 6.07 Å². The molecule has 9 nitrogen and oxygen atoms in total. The van der Waals surface area contributed by atoms with Crippen LogP contribution in [0.2, 0.25) is 0 Å². The number of H-pyrrole nitrogens is 1. The number of aliphatic hydroxyl groups excluding tert-OH is 2. The van der Waals surface area contributed by atoms with Gasteiger partial charge in [-0.2, -0.15) is 5.26 Å². The van der Waals surface area contributed by atoms with Crippen molar-refractivity contribution in [3.8, 4) is 12.6 Å². The van der Waals surface area contributed by atoms with E-state index in [0.29, 0.717) is 5.65 Å². The fourth-order valence-corrected chi connectivity index (χ4v) is 2.58. The number of hydrogen-bond donors (Lipinski definition) is 3. The van der Waals surface area contributed by atoms with Gasteiger partial charge < -0.3 is 15.2 Å². The molecule has 0 aromatic carbocycles. The zero-order valence-electron chi connectivity index (χ0n) is 11.2. The number of hydrogen-bond acceptors (Lipinski definition) is 6. The summed E-state index contributed by atoms with van der Waals surface area (Å²) >= 11 is 0. The van der Waals surface area contributed by atoms with E-state index in [-0.39, 0.29) is 10.9 Å². The number of aromatic amines is 1. The summed E-state index contributed by atoms with van der Waals surface area (Å²) in [5.74, 6) is -1.06. The van der Waals surface area contributed by atoms with E-state index in [2.05, 4.69) is 14.8 Å². The molecule has 4 atom stereocenters. The highest BCUT2D eigenvalue weighted by Gasteiger charge is 2.64. The maximum absolute atomic E-state index is 11.7. The van der Waals surface area contributed by atoms with Crippen LogP contribution >= 0.6 is 0 Å². The number of aromatic nitrogens is 3. The van der Waals surface area contributed by atoms with Crippen molar-refractivity contribution in [2.24, 2.45) is 5.92 Å². The Balaban J connectivity index is 2.15. The Morgan fingerprint density at radius 1 is 1.68 bits per heavy atom. The number of fused-ring (bicyclic) bond motifs is 1. The molecule has 1 aliphatic rings. The number of pyridine rings is 1. The lowest BCUT2D eigenvalue weighted by Crippen LogP contribution is -2.41. The number of aliphatic hydroxyl groups is 2. The fourth-order valence-electron chi connectivity index (χ4n) is 2.58. The van der Waals surface area contributed by atoms with Crippen molar-refractivity contribution in [1.29, 1.82) is 5.26 Å². The normalized spacial score (nSPS) is 31.0. The maximum Gasteiger partial charge on any atom is 0.436 e. The quantitative estimate of drug-likeness (QED) is 0.680. The van der Waals surface area contributed by atoms with Gasteiger partial charge in [0.1, 0.15) is 11.6 Å². The van der Waals surface area contributed by atoms with Gasteiger partial charge in [-0.3, -0.25) is 14.1 Å². The molecule has 0 saturated carbocycles. The highest BCUT2D eigenvalue weighted by molar-refractivity contribution is 5.70. The average Bonchev–Trinajstić information content (AvgIpc) is 3.07. The van der Waals surface area contributed by atoms with E-state index in [1.54, 1.807) is 0 Å². The lowest BCUT2D eigenvalue weighted by atomic mass is 9.98. The van der Waals surface area contributed by atoms with Gasteiger partial charge in [0.25, 0.3) is 6.57 Å². The van der Waals surface area contributed by atoms with Gasteiger partial charge in [-0.1, -0.05) is 0 Å². The number of nitrogens with zero attached hydrogens (tertiary/aromatic N) is 4. The molecule has 0 amide bonds. The first kappa shape index (κ1) is 14.2. The summed E-state index contributed by atoms with van der Waals surface area (Å²) in [6, 6.07) is 3.23. The molecule has 0 unspecified atom stereocenters.